The van der Waals surface area contributed by atoms with Crippen LogP contribution in [0.3, 0.4) is 0 Å². The predicted molar refractivity (Wildman–Crippen MR) is 83.0 cm³/mol. The third-order valence-electron chi connectivity index (χ3n) is 3.51. The third kappa shape index (κ3) is 4.01. The Hall–Kier alpha value is -1.47. The van der Waals surface area contributed by atoms with E-state index in [1.54, 1.807) is 42.2 Å². The van der Waals surface area contributed by atoms with Crippen molar-refractivity contribution in [1.29, 1.82) is 0 Å². The van der Waals surface area contributed by atoms with E-state index in [1.807, 2.05) is 0 Å². The Balaban J connectivity index is 1.91. The number of hydrogen-bond donors (Lipinski definition) is 0. The van der Waals surface area contributed by atoms with Gasteiger partial charge in [0.05, 0.1) is 12.1 Å². The number of carbonyl (C=O) groups is 2. The predicted octanol–water partition coefficient (Wildman–Crippen LogP) is 0.690. The van der Waals surface area contributed by atoms with E-state index >= 15 is 0 Å². The molecule has 1 saturated heterocycles. The van der Waals surface area contributed by atoms with Crippen molar-refractivity contribution < 1.29 is 9.59 Å². The van der Waals surface area contributed by atoms with Crippen molar-refractivity contribution >= 4 is 27.7 Å². The lowest BCUT2D eigenvalue weighted by Crippen LogP contribution is -2.51. The highest BCUT2D eigenvalue weighted by Gasteiger charge is 2.24. The molecule has 1 aliphatic rings. The van der Waals surface area contributed by atoms with E-state index in [2.05, 4.69) is 25.8 Å². The second-order valence-corrected chi connectivity index (χ2v) is 5.95. The van der Waals surface area contributed by atoms with Crippen LogP contribution in [0.25, 0.3) is 0 Å². The van der Waals surface area contributed by atoms with E-state index in [-0.39, 0.29) is 11.8 Å². The molecule has 0 radical (unpaired) electrons. The molecular formula is C14H19BrN4O2. The summed E-state index contributed by atoms with van der Waals surface area (Å²) in [5.74, 6) is 0.0679. The fourth-order valence-electron chi connectivity index (χ4n) is 2.16. The maximum Gasteiger partial charge on any atom is 0.256 e. The average Bonchev–Trinajstić information content (AvgIpc) is 2.47. The van der Waals surface area contributed by atoms with E-state index in [4.69, 9.17) is 0 Å². The minimum absolute atomic E-state index is 0.0199. The van der Waals surface area contributed by atoms with Crippen molar-refractivity contribution in [3.05, 3.63) is 28.5 Å². The summed E-state index contributed by atoms with van der Waals surface area (Å²) in [6, 6.07) is 3.52. The smallest absolute Gasteiger partial charge is 0.256 e. The summed E-state index contributed by atoms with van der Waals surface area (Å²) in [7, 11) is 3.50. The van der Waals surface area contributed by atoms with E-state index in [0.29, 0.717) is 42.9 Å². The Morgan fingerprint density at radius 1 is 1.29 bits per heavy atom. The van der Waals surface area contributed by atoms with Gasteiger partial charge in [-0.15, -0.1) is 0 Å². The Morgan fingerprint density at radius 3 is 2.52 bits per heavy atom. The number of amides is 2. The van der Waals surface area contributed by atoms with Gasteiger partial charge in [-0.05, 0) is 28.1 Å². The van der Waals surface area contributed by atoms with Crippen LogP contribution in [0.5, 0.6) is 0 Å². The number of rotatable bonds is 3. The fraction of sp³-hybridized carbons (Fsp3) is 0.500. The highest BCUT2D eigenvalue weighted by Crippen LogP contribution is 2.16. The van der Waals surface area contributed by atoms with Gasteiger partial charge in [0, 0.05) is 46.5 Å². The summed E-state index contributed by atoms with van der Waals surface area (Å²) in [5, 5.41) is 0. The largest absolute Gasteiger partial charge is 0.348 e. The fourth-order valence-corrected chi connectivity index (χ4v) is 2.58. The summed E-state index contributed by atoms with van der Waals surface area (Å²) in [6.07, 6.45) is 1.64. The second-order valence-electron chi connectivity index (χ2n) is 5.20. The SMILES string of the molecule is CN(C)C(=O)CN1CCN(C(=O)c2cccnc2Br)CC1. The van der Waals surface area contributed by atoms with Gasteiger partial charge in [0.25, 0.3) is 5.91 Å². The Labute approximate surface area is 132 Å². The van der Waals surface area contributed by atoms with Gasteiger partial charge < -0.3 is 9.80 Å². The minimum Gasteiger partial charge on any atom is -0.348 e. The van der Waals surface area contributed by atoms with Crippen LogP contribution < -0.4 is 0 Å². The number of aromatic nitrogens is 1. The molecule has 0 spiro atoms. The number of carbonyl (C=O) groups excluding carboxylic acids is 2. The van der Waals surface area contributed by atoms with E-state index in [0.717, 1.165) is 0 Å². The van der Waals surface area contributed by atoms with Crippen LogP contribution >= 0.6 is 15.9 Å². The molecule has 0 N–H and O–H groups in total. The van der Waals surface area contributed by atoms with Crippen molar-refractivity contribution in [2.45, 2.75) is 0 Å². The molecule has 6 nitrogen and oxygen atoms in total. The van der Waals surface area contributed by atoms with Crippen LogP contribution in [0.1, 0.15) is 10.4 Å². The van der Waals surface area contributed by atoms with Crippen molar-refractivity contribution in [2.24, 2.45) is 0 Å². The van der Waals surface area contributed by atoms with Crippen LogP contribution in [-0.4, -0.2) is 78.3 Å². The van der Waals surface area contributed by atoms with Crippen molar-refractivity contribution in [3.8, 4) is 0 Å². The van der Waals surface area contributed by atoms with Crippen LogP contribution in [0.15, 0.2) is 22.9 Å². The molecule has 114 valence electrons. The normalized spacial score (nSPS) is 15.9. The molecule has 1 aromatic heterocycles. The Morgan fingerprint density at radius 2 is 1.95 bits per heavy atom. The van der Waals surface area contributed by atoms with Crippen LogP contribution in [0.2, 0.25) is 0 Å². The first-order valence-corrected chi connectivity index (χ1v) is 7.60. The molecule has 0 aliphatic carbocycles. The molecule has 0 unspecified atom stereocenters. The van der Waals surface area contributed by atoms with Gasteiger partial charge in [-0.3, -0.25) is 14.5 Å². The quantitative estimate of drug-likeness (QED) is 0.749. The minimum atomic E-state index is -0.0199. The zero-order valence-electron chi connectivity index (χ0n) is 12.3. The average molecular weight is 355 g/mol. The van der Waals surface area contributed by atoms with Gasteiger partial charge in [-0.25, -0.2) is 4.98 Å². The lowest BCUT2D eigenvalue weighted by molar-refractivity contribution is -0.130. The first-order chi connectivity index (χ1) is 9.99. The van der Waals surface area contributed by atoms with Gasteiger partial charge in [0.1, 0.15) is 4.60 Å². The molecule has 0 bridgehead atoms. The van der Waals surface area contributed by atoms with Gasteiger partial charge in [0.15, 0.2) is 0 Å². The maximum atomic E-state index is 12.4. The number of halogens is 1. The molecule has 0 atom stereocenters. The van der Waals surface area contributed by atoms with Crippen molar-refractivity contribution in [1.82, 2.24) is 19.7 Å². The molecule has 1 aliphatic heterocycles. The maximum absolute atomic E-state index is 12.4. The molecule has 2 rings (SSSR count). The molecule has 1 aromatic rings. The third-order valence-corrected chi connectivity index (χ3v) is 4.14. The van der Waals surface area contributed by atoms with Gasteiger partial charge in [-0.1, -0.05) is 0 Å². The molecule has 0 aromatic carbocycles. The molecule has 2 amide bonds. The molecule has 7 heteroatoms. The Bertz CT molecular complexity index is 527. The van der Waals surface area contributed by atoms with Crippen molar-refractivity contribution in [3.63, 3.8) is 0 Å². The van der Waals surface area contributed by atoms with Crippen LogP contribution in [0, 0.1) is 0 Å². The number of hydrogen-bond acceptors (Lipinski definition) is 4. The van der Waals surface area contributed by atoms with Gasteiger partial charge in [-0.2, -0.15) is 0 Å². The Kier molecular flexibility index (Phi) is 5.30. The van der Waals surface area contributed by atoms with E-state index in [1.165, 1.54) is 0 Å². The summed E-state index contributed by atoms with van der Waals surface area (Å²) < 4.78 is 0.570. The molecule has 21 heavy (non-hydrogen) atoms. The molecule has 0 saturated carbocycles. The highest BCUT2D eigenvalue weighted by atomic mass is 79.9. The number of nitrogens with zero attached hydrogens (tertiary/aromatic N) is 4. The van der Waals surface area contributed by atoms with Crippen LogP contribution in [-0.2, 0) is 4.79 Å². The standard InChI is InChI=1S/C14H19BrN4O2/c1-17(2)12(20)10-18-6-8-19(9-7-18)14(21)11-4-3-5-16-13(11)15/h3-5H,6-10H2,1-2H3. The van der Waals surface area contributed by atoms with E-state index < -0.39 is 0 Å². The number of likely N-dealkylation sites (N-methyl/N-ethyl adjacent to an activating group) is 1. The first kappa shape index (κ1) is 15.9. The molecular weight excluding hydrogens is 336 g/mol. The summed E-state index contributed by atoms with van der Waals surface area (Å²) in [5.41, 5.74) is 0.579. The lowest BCUT2D eigenvalue weighted by Gasteiger charge is -2.34. The van der Waals surface area contributed by atoms with Gasteiger partial charge >= 0.3 is 0 Å². The number of pyridine rings is 1. The van der Waals surface area contributed by atoms with Crippen molar-refractivity contribution in [2.75, 3.05) is 46.8 Å². The van der Waals surface area contributed by atoms with Crippen LogP contribution in [0.4, 0.5) is 0 Å². The summed E-state index contributed by atoms with van der Waals surface area (Å²) in [4.78, 5) is 33.6. The summed E-state index contributed by atoms with van der Waals surface area (Å²) in [6.45, 7) is 3.08. The molecule has 1 fully saturated rings. The van der Waals surface area contributed by atoms with E-state index in [9.17, 15) is 9.59 Å². The lowest BCUT2D eigenvalue weighted by atomic mass is 10.2. The van der Waals surface area contributed by atoms with Gasteiger partial charge in [0.2, 0.25) is 5.91 Å². The second kappa shape index (κ2) is 7.00. The number of piperazine rings is 1. The first-order valence-electron chi connectivity index (χ1n) is 6.81. The molecule has 2 heterocycles. The monoisotopic (exact) mass is 354 g/mol. The zero-order chi connectivity index (χ0) is 15.4. The highest BCUT2D eigenvalue weighted by molar-refractivity contribution is 9.10. The zero-order valence-corrected chi connectivity index (χ0v) is 13.8. The summed E-state index contributed by atoms with van der Waals surface area (Å²) >= 11 is 3.30. The topological polar surface area (TPSA) is 56.8 Å².